The Morgan fingerprint density at radius 3 is 2.56 bits per heavy atom. The van der Waals surface area contributed by atoms with Gasteiger partial charge in [-0.1, -0.05) is 23.5 Å². The summed E-state index contributed by atoms with van der Waals surface area (Å²) in [5.41, 5.74) is 1.41. The summed E-state index contributed by atoms with van der Waals surface area (Å²) in [5.74, 6) is 0.423. The number of carbonyl (C=O) groups is 1. The molecule has 0 aliphatic heterocycles. The van der Waals surface area contributed by atoms with Gasteiger partial charge in [-0.05, 0) is 42.0 Å². The predicted molar refractivity (Wildman–Crippen MR) is 98.6 cm³/mol. The standard InChI is InChI=1S/C17H13FN6O2S/c18-11-3-5-12(6-4-11)19-15(26)20-16-23-24-14(21-22-17(24)27-16)9-10-1-7-13(25)8-2-10/h1-8,25H,9H2,(H2,19,20,23,26). The van der Waals surface area contributed by atoms with Gasteiger partial charge in [0.25, 0.3) is 0 Å². The summed E-state index contributed by atoms with van der Waals surface area (Å²) in [6.07, 6.45) is 0.479. The normalized spacial score (nSPS) is 10.9. The lowest BCUT2D eigenvalue weighted by atomic mass is 10.1. The van der Waals surface area contributed by atoms with Crippen LogP contribution in [0.3, 0.4) is 0 Å². The van der Waals surface area contributed by atoms with Gasteiger partial charge in [0.2, 0.25) is 10.1 Å². The number of carbonyl (C=O) groups excluding carboxylic acids is 1. The Morgan fingerprint density at radius 2 is 1.81 bits per heavy atom. The third kappa shape index (κ3) is 3.85. The summed E-state index contributed by atoms with van der Waals surface area (Å²) in [4.78, 5) is 12.6. The molecular weight excluding hydrogens is 371 g/mol. The van der Waals surface area contributed by atoms with Crippen LogP contribution in [-0.4, -0.2) is 30.9 Å². The van der Waals surface area contributed by atoms with Gasteiger partial charge in [0.15, 0.2) is 5.82 Å². The second kappa shape index (κ2) is 7.00. The molecule has 136 valence electrons. The zero-order valence-electron chi connectivity index (χ0n) is 13.8. The van der Waals surface area contributed by atoms with Crippen molar-refractivity contribution in [3.63, 3.8) is 0 Å². The number of aromatic nitrogens is 4. The fourth-order valence-electron chi connectivity index (χ4n) is 2.41. The second-order valence-corrected chi connectivity index (χ2v) is 6.60. The van der Waals surface area contributed by atoms with Gasteiger partial charge in [0.1, 0.15) is 11.6 Å². The summed E-state index contributed by atoms with van der Waals surface area (Å²) < 4.78 is 14.5. The van der Waals surface area contributed by atoms with E-state index < -0.39 is 6.03 Å². The molecule has 4 aromatic rings. The fourth-order valence-corrected chi connectivity index (χ4v) is 3.16. The van der Waals surface area contributed by atoms with Crippen LogP contribution in [0.2, 0.25) is 0 Å². The number of fused-ring (bicyclic) bond motifs is 1. The first-order valence-corrected chi connectivity index (χ1v) is 8.71. The third-order valence-corrected chi connectivity index (χ3v) is 4.49. The molecule has 0 atom stereocenters. The van der Waals surface area contributed by atoms with Gasteiger partial charge < -0.3 is 10.4 Å². The van der Waals surface area contributed by atoms with Crippen molar-refractivity contribution in [1.29, 1.82) is 0 Å². The van der Waals surface area contributed by atoms with Crippen molar-refractivity contribution in [3.05, 3.63) is 65.7 Å². The van der Waals surface area contributed by atoms with Crippen molar-refractivity contribution in [2.45, 2.75) is 6.42 Å². The first-order chi connectivity index (χ1) is 13.1. The number of hydrogen-bond donors (Lipinski definition) is 3. The zero-order valence-corrected chi connectivity index (χ0v) is 14.6. The van der Waals surface area contributed by atoms with Crippen LogP contribution in [0.4, 0.5) is 20.0 Å². The summed E-state index contributed by atoms with van der Waals surface area (Å²) in [7, 11) is 0. The number of nitrogens with one attached hydrogen (secondary N) is 2. The minimum Gasteiger partial charge on any atom is -0.508 e. The molecule has 2 amide bonds. The quantitative estimate of drug-likeness (QED) is 0.501. The highest BCUT2D eigenvalue weighted by Gasteiger charge is 2.14. The minimum atomic E-state index is -0.494. The zero-order chi connectivity index (χ0) is 18.8. The highest BCUT2D eigenvalue weighted by molar-refractivity contribution is 7.20. The number of halogens is 1. The molecule has 8 nitrogen and oxygen atoms in total. The van der Waals surface area contributed by atoms with Gasteiger partial charge in [0, 0.05) is 12.1 Å². The number of aromatic hydroxyl groups is 1. The molecule has 10 heteroatoms. The molecular formula is C17H13FN6O2S. The fraction of sp³-hybridized carbons (Fsp3) is 0.0588. The van der Waals surface area contributed by atoms with Crippen molar-refractivity contribution in [2.75, 3.05) is 10.6 Å². The lowest BCUT2D eigenvalue weighted by Gasteiger charge is -2.04. The molecule has 0 bridgehead atoms. The Hall–Kier alpha value is -3.53. The molecule has 2 aromatic heterocycles. The van der Waals surface area contributed by atoms with Crippen molar-refractivity contribution < 1.29 is 14.3 Å². The maximum absolute atomic E-state index is 12.9. The molecule has 0 spiro atoms. The van der Waals surface area contributed by atoms with Gasteiger partial charge in [-0.2, -0.15) is 4.52 Å². The van der Waals surface area contributed by atoms with E-state index in [2.05, 4.69) is 25.9 Å². The van der Waals surface area contributed by atoms with Gasteiger partial charge in [-0.3, -0.25) is 5.32 Å². The highest BCUT2D eigenvalue weighted by atomic mass is 32.1. The van der Waals surface area contributed by atoms with Crippen molar-refractivity contribution in [1.82, 2.24) is 19.8 Å². The SMILES string of the molecule is O=C(Nc1ccc(F)cc1)Nc1nn2c(Cc3ccc(O)cc3)nnc2s1. The molecule has 0 aliphatic rings. The second-order valence-electron chi connectivity index (χ2n) is 5.65. The Kier molecular flexibility index (Phi) is 4.38. The third-order valence-electron chi connectivity index (χ3n) is 3.68. The molecule has 0 fully saturated rings. The number of phenolic OH excluding ortho intramolecular Hbond substituents is 1. The van der Waals surface area contributed by atoms with Crippen LogP contribution >= 0.6 is 11.3 Å². The monoisotopic (exact) mass is 384 g/mol. The Bertz CT molecular complexity index is 1090. The number of benzene rings is 2. The summed E-state index contributed by atoms with van der Waals surface area (Å²) in [6.45, 7) is 0. The molecule has 3 N–H and O–H groups in total. The van der Waals surface area contributed by atoms with Crippen LogP contribution in [0.15, 0.2) is 48.5 Å². The number of hydrogen-bond acceptors (Lipinski definition) is 6. The largest absolute Gasteiger partial charge is 0.508 e. The molecule has 2 heterocycles. The number of amides is 2. The van der Waals surface area contributed by atoms with Gasteiger partial charge in [0.05, 0.1) is 0 Å². The summed E-state index contributed by atoms with van der Waals surface area (Å²) >= 11 is 1.18. The van der Waals surface area contributed by atoms with Crippen LogP contribution < -0.4 is 10.6 Å². The van der Waals surface area contributed by atoms with E-state index in [4.69, 9.17) is 0 Å². The van der Waals surface area contributed by atoms with E-state index in [0.29, 0.717) is 28.0 Å². The molecule has 0 unspecified atom stereocenters. The van der Waals surface area contributed by atoms with Crippen molar-refractivity contribution in [3.8, 4) is 5.75 Å². The van der Waals surface area contributed by atoms with Crippen molar-refractivity contribution >= 4 is 33.1 Å². The minimum absolute atomic E-state index is 0.192. The molecule has 0 aliphatic carbocycles. The van der Waals surface area contributed by atoms with Crippen molar-refractivity contribution in [2.24, 2.45) is 0 Å². The van der Waals surface area contributed by atoms with Crippen LogP contribution in [0.25, 0.3) is 4.96 Å². The number of phenols is 1. The van der Waals surface area contributed by atoms with Crippen LogP contribution in [-0.2, 0) is 6.42 Å². The molecule has 2 aromatic carbocycles. The van der Waals surface area contributed by atoms with E-state index in [1.54, 1.807) is 28.8 Å². The Labute approximate surface area is 156 Å². The molecule has 0 saturated carbocycles. The maximum atomic E-state index is 12.9. The van der Waals surface area contributed by atoms with Crippen LogP contribution in [0.1, 0.15) is 11.4 Å². The number of anilines is 2. The smallest absolute Gasteiger partial charge is 0.325 e. The average Bonchev–Trinajstić information content (AvgIpc) is 3.20. The predicted octanol–water partition coefficient (Wildman–Crippen LogP) is 3.27. The number of nitrogens with zero attached hydrogens (tertiary/aromatic N) is 4. The number of urea groups is 1. The summed E-state index contributed by atoms with van der Waals surface area (Å²) in [5, 5.41) is 27.4. The Morgan fingerprint density at radius 1 is 1.07 bits per heavy atom. The topological polar surface area (TPSA) is 104 Å². The number of rotatable bonds is 4. The van der Waals surface area contributed by atoms with Crippen LogP contribution in [0.5, 0.6) is 5.75 Å². The van der Waals surface area contributed by atoms with E-state index >= 15 is 0 Å². The molecule has 27 heavy (non-hydrogen) atoms. The lowest BCUT2D eigenvalue weighted by molar-refractivity contribution is 0.262. The average molecular weight is 384 g/mol. The van der Waals surface area contributed by atoms with Gasteiger partial charge in [-0.15, -0.1) is 15.3 Å². The Balaban J connectivity index is 1.47. The van der Waals surface area contributed by atoms with Gasteiger partial charge >= 0.3 is 6.03 Å². The first-order valence-electron chi connectivity index (χ1n) is 7.89. The maximum Gasteiger partial charge on any atom is 0.325 e. The van der Waals surface area contributed by atoms with Crippen LogP contribution in [0, 0.1) is 5.82 Å². The van der Waals surface area contributed by atoms with E-state index in [0.717, 1.165) is 5.56 Å². The summed E-state index contributed by atoms with van der Waals surface area (Å²) in [6, 6.07) is 11.7. The van der Waals surface area contributed by atoms with E-state index in [1.807, 2.05) is 0 Å². The van der Waals surface area contributed by atoms with E-state index in [9.17, 15) is 14.3 Å². The molecule has 0 saturated heterocycles. The molecule has 0 radical (unpaired) electrons. The highest BCUT2D eigenvalue weighted by Crippen LogP contribution is 2.21. The van der Waals surface area contributed by atoms with E-state index in [-0.39, 0.29) is 11.6 Å². The lowest BCUT2D eigenvalue weighted by Crippen LogP contribution is -2.19. The van der Waals surface area contributed by atoms with E-state index in [1.165, 1.54) is 35.6 Å². The van der Waals surface area contributed by atoms with Gasteiger partial charge in [-0.25, -0.2) is 9.18 Å². The first kappa shape index (κ1) is 16.9. The molecule has 4 rings (SSSR count).